The van der Waals surface area contributed by atoms with Crippen molar-refractivity contribution in [2.45, 2.75) is 6.61 Å². The summed E-state index contributed by atoms with van der Waals surface area (Å²) < 4.78 is 6.38. The molecular formula is C28H20N2O3S2. The van der Waals surface area contributed by atoms with E-state index in [2.05, 4.69) is 29.7 Å². The van der Waals surface area contributed by atoms with Gasteiger partial charge in [0.1, 0.15) is 12.4 Å². The smallest absolute Gasteiger partial charge is 0.285 e. The second kappa shape index (κ2) is 10.1. The van der Waals surface area contributed by atoms with Gasteiger partial charge in [0.15, 0.2) is 4.32 Å². The van der Waals surface area contributed by atoms with Gasteiger partial charge in [-0.2, -0.15) is 5.01 Å². The zero-order valence-corrected chi connectivity index (χ0v) is 20.1. The number of hydrazine groups is 1. The van der Waals surface area contributed by atoms with Crippen LogP contribution in [0.15, 0.2) is 102 Å². The quantitative estimate of drug-likeness (QED) is 0.263. The van der Waals surface area contributed by atoms with Gasteiger partial charge in [0, 0.05) is 11.1 Å². The minimum Gasteiger partial charge on any atom is -0.488 e. The van der Waals surface area contributed by atoms with Crippen LogP contribution in [-0.2, 0) is 11.4 Å². The number of hydrogen-bond acceptors (Lipinski definition) is 5. The molecule has 172 valence electrons. The molecule has 4 aromatic rings. The van der Waals surface area contributed by atoms with Crippen LogP contribution in [0.1, 0.15) is 21.5 Å². The molecule has 5 rings (SSSR count). The van der Waals surface area contributed by atoms with E-state index in [0.717, 1.165) is 33.3 Å². The maximum Gasteiger partial charge on any atom is 0.285 e. The van der Waals surface area contributed by atoms with Crippen molar-refractivity contribution in [3.63, 3.8) is 0 Å². The van der Waals surface area contributed by atoms with E-state index in [9.17, 15) is 9.59 Å². The van der Waals surface area contributed by atoms with Gasteiger partial charge in [-0.1, -0.05) is 84.6 Å². The first kappa shape index (κ1) is 22.8. The van der Waals surface area contributed by atoms with Crippen molar-refractivity contribution < 1.29 is 14.3 Å². The Hall–Kier alpha value is -3.94. The molecule has 0 unspecified atom stereocenters. The van der Waals surface area contributed by atoms with Gasteiger partial charge in [0.05, 0.1) is 4.91 Å². The fourth-order valence-electron chi connectivity index (χ4n) is 3.68. The molecule has 0 atom stereocenters. The van der Waals surface area contributed by atoms with Gasteiger partial charge < -0.3 is 4.74 Å². The number of para-hydroxylation sites is 1. The number of benzene rings is 4. The molecule has 1 aliphatic rings. The molecule has 2 amide bonds. The van der Waals surface area contributed by atoms with Crippen LogP contribution in [0.5, 0.6) is 5.75 Å². The minimum absolute atomic E-state index is 0.264. The molecule has 0 radical (unpaired) electrons. The number of thioether (sulfide) groups is 1. The van der Waals surface area contributed by atoms with Gasteiger partial charge >= 0.3 is 0 Å². The molecule has 1 saturated heterocycles. The van der Waals surface area contributed by atoms with Crippen LogP contribution >= 0.6 is 24.0 Å². The first-order valence-corrected chi connectivity index (χ1v) is 12.1. The third-order valence-electron chi connectivity index (χ3n) is 5.46. The highest BCUT2D eigenvalue weighted by Crippen LogP contribution is 2.33. The highest BCUT2D eigenvalue weighted by atomic mass is 32.2. The number of ether oxygens (including phenoxy) is 1. The van der Waals surface area contributed by atoms with Crippen LogP contribution in [0.2, 0.25) is 0 Å². The summed E-state index contributed by atoms with van der Waals surface area (Å²) in [4.78, 5) is 25.9. The summed E-state index contributed by atoms with van der Waals surface area (Å²) in [6, 6.07) is 30.6. The van der Waals surface area contributed by atoms with Crippen molar-refractivity contribution in [2.75, 3.05) is 0 Å². The fourth-order valence-corrected chi connectivity index (χ4v) is 4.85. The molecule has 7 heteroatoms. The van der Waals surface area contributed by atoms with Gasteiger partial charge in [0.25, 0.3) is 11.8 Å². The van der Waals surface area contributed by atoms with Crippen molar-refractivity contribution in [3.05, 3.63) is 119 Å². The lowest BCUT2D eigenvalue weighted by atomic mass is 10.1. The summed E-state index contributed by atoms with van der Waals surface area (Å²) in [5, 5.41) is 3.45. The van der Waals surface area contributed by atoms with Crippen LogP contribution in [0.3, 0.4) is 0 Å². The Balaban J connectivity index is 1.32. The number of thiocarbonyl (C=S) groups is 1. The Bertz CT molecular complexity index is 1470. The van der Waals surface area contributed by atoms with Gasteiger partial charge in [-0.25, -0.2) is 0 Å². The molecule has 35 heavy (non-hydrogen) atoms. The monoisotopic (exact) mass is 496 g/mol. The van der Waals surface area contributed by atoms with E-state index in [1.54, 1.807) is 30.3 Å². The van der Waals surface area contributed by atoms with E-state index in [-0.39, 0.29) is 10.2 Å². The lowest BCUT2D eigenvalue weighted by Gasteiger charge is -2.15. The predicted octanol–water partition coefficient (Wildman–Crippen LogP) is 5.97. The third kappa shape index (κ3) is 5.11. The lowest BCUT2D eigenvalue weighted by molar-refractivity contribution is -0.123. The zero-order chi connectivity index (χ0) is 24.2. The van der Waals surface area contributed by atoms with Crippen molar-refractivity contribution in [2.24, 2.45) is 0 Å². The summed E-state index contributed by atoms with van der Waals surface area (Å²) in [5.74, 6) is -0.130. The topological polar surface area (TPSA) is 58.6 Å². The van der Waals surface area contributed by atoms with E-state index in [4.69, 9.17) is 17.0 Å². The van der Waals surface area contributed by atoms with Crippen LogP contribution < -0.4 is 10.2 Å². The van der Waals surface area contributed by atoms with Crippen LogP contribution in [0.25, 0.3) is 16.8 Å². The maximum absolute atomic E-state index is 13.0. The first-order chi connectivity index (χ1) is 17.1. The predicted molar refractivity (Wildman–Crippen MR) is 144 cm³/mol. The molecule has 1 aliphatic heterocycles. The summed E-state index contributed by atoms with van der Waals surface area (Å²) >= 11 is 6.48. The number of carbonyl (C=O) groups is 2. The molecule has 0 bridgehead atoms. The lowest BCUT2D eigenvalue weighted by Crippen LogP contribution is -2.44. The zero-order valence-electron chi connectivity index (χ0n) is 18.5. The Morgan fingerprint density at radius 2 is 1.63 bits per heavy atom. The number of nitrogens with one attached hydrogen (secondary N) is 1. The summed E-state index contributed by atoms with van der Waals surface area (Å²) in [6.45, 7) is 0.393. The minimum atomic E-state index is -0.401. The fraction of sp³-hybridized carbons (Fsp3) is 0.0357. The molecule has 1 N–H and O–H groups in total. The summed E-state index contributed by atoms with van der Waals surface area (Å²) in [5.41, 5.74) is 4.84. The van der Waals surface area contributed by atoms with E-state index in [1.807, 2.05) is 48.5 Å². The largest absolute Gasteiger partial charge is 0.488 e. The summed E-state index contributed by atoms with van der Waals surface area (Å²) in [7, 11) is 0. The van der Waals surface area contributed by atoms with Gasteiger partial charge in [-0.05, 0) is 58.9 Å². The Morgan fingerprint density at radius 1 is 0.914 bits per heavy atom. The second-order valence-electron chi connectivity index (χ2n) is 7.83. The second-order valence-corrected chi connectivity index (χ2v) is 9.51. The third-order valence-corrected chi connectivity index (χ3v) is 6.76. The molecule has 1 heterocycles. The number of hydrogen-bond donors (Lipinski definition) is 1. The molecule has 1 fully saturated rings. The van der Waals surface area contributed by atoms with Crippen molar-refractivity contribution in [1.29, 1.82) is 0 Å². The number of amides is 2. The van der Waals surface area contributed by atoms with Crippen LogP contribution in [0, 0.1) is 0 Å². The van der Waals surface area contributed by atoms with E-state index < -0.39 is 5.91 Å². The van der Waals surface area contributed by atoms with Gasteiger partial charge in [0.2, 0.25) is 0 Å². The molecule has 0 aromatic heterocycles. The van der Waals surface area contributed by atoms with Crippen molar-refractivity contribution >= 4 is 57.0 Å². The molecule has 5 nitrogen and oxygen atoms in total. The molecule has 4 aromatic carbocycles. The van der Waals surface area contributed by atoms with E-state index >= 15 is 0 Å². The van der Waals surface area contributed by atoms with Gasteiger partial charge in [-0.3, -0.25) is 15.0 Å². The van der Waals surface area contributed by atoms with E-state index in [1.165, 1.54) is 5.39 Å². The van der Waals surface area contributed by atoms with Gasteiger partial charge in [-0.15, -0.1) is 0 Å². The van der Waals surface area contributed by atoms with Crippen molar-refractivity contribution in [3.8, 4) is 5.75 Å². The molecular weight excluding hydrogens is 476 g/mol. The Kier molecular flexibility index (Phi) is 6.61. The number of rotatable bonds is 6. The normalized spacial score (nSPS) is 14.5. The highest BCUT2D eigenvalue weighted by Gasteiger charge is 2.34. The SMILES string of the molecule is O=C(NN1C(=O)/C(=C/c2ccccc2OCc2ccc3ccccc3c2)SC1=S)c1ccccc1. The number of nitrogens with zero attached hydrogens (tertiary/aromatic N) is 1. The molecule has 0 spiro atoms. The maximum atomic E-state index is 13.0. The Morgan fingerprint density at radius 3 is 2.46 bits per heavy atom. The standard InChI is InChI=1S/C28H20N2O3S2/c31-26(21-9-2-1-3-10-21)29-30-27(32)25(35-28(30)34)17-23-12-6-7-13-24(23)33-18-19-14-15-20-8-4-5-11-22(20)16-19/h1-17H,18H2,(H,29,31)/b25-17-. The van der Waals surface area contributed by atoms with E-state index in [0.29, 0.717) is 22.8 Å². The van der Waals surface area contributed by atoms with Crippen LogP contribution in [-0.4, -0.2) is 21.1 Å². The number of carbonyl (C=O) groups excluding carboxylic acids is 2. The number of fused-ring (bicyclic) bond motifs is 1. The molecule has 0 aliphatic carbocycles. The van der Waals surface area contributed by atoms with Crippen LogP contribution in [0.4, 0.5) is 0 Å². The average molecular weight is 497 g/mol. The average Bonchev–Trinajstić information content (AvgIpc) is 3.15. The Labute approximate surface area is 212 Å². The summed E-state index contributed by atoms with van der Waals surface area (Å²) in [6.07, 6.45) is 1.74. The molecule has 0 saturated carbocycles. The highest BCUT2D eigenvalue weighted by molar-refractivity contribution is 8.26. The van der Waals surface area contributed by atoms with Crippen molar-refractivity contribution in [1.82, 2.24) is 10.4 Å². The first-order valence-electron chi connectivity index (χ1n) is 10.9.